The second-order valence-electron chi connectivity index (χ2n) is 6.33. The lowest BCUT2D eigenvalue weighted by Crippen LogP contribution is -2.22. The molecule has 0 aliphatic heterocycles. The topological polar surface area (TPSA) is 85.3 Å². The lowest BCUT2D eigenvalue weighted by atomic mass is 9.93. The second kappa shape index (κ2) is 7.04. The highest BCUT2D eigenvalue weighted by Gasteiger charge is 2.28. The van der Waals surface area contributed by atoms with Gasteiger partial charge in [0, 0.05) is 27.7 Å². The third kappa shape index (κ3) is 3.17. The van der Waals surface area contributed by atoms with Crippen molar-refractivity contribution in [3.63, 3.8) is 0 Å². The Hall–Kier alpha value is -2.86. The van der Waals surface area contributed by atoms with Crippen molar-refractivity contribution in [3.8, 4) is 5.75 Å². The maximum atomic E-state index is 14.1. The summed E-state index contributed by atoms with van der Waals surface area (Å²) in [6.45, 7) is 3.46. The van der Waals surface area contributed by atoms with Crippen LogP contribution in [0.1, 0.15) is 40.9 Å². The largest absolute Gasteiger partial charge is 0.505 e. The Morgan fingerprint density at radius 2 is 2.00 bits per heavy atom. The van der Waals surface area contributed by atoms with E-state index in [9.17, 15) is 19.1 Å². The molecule has 0 aliphatic rings. The highest BCUT2D eigenvalue weighted by atomic mass is 35.5. The number of carbonyl (C=O) groups is 2. The fourth-order valence-electron chi connectivity index (χ4n) is 3.45. The SMILES string of the molecule is CCC(C(N)=O)c1c(C)n(C(=O)c2cccc(Cl)c2)c2cc(F)c(O)cc12. The van der Waals surface area contributed by atoms with Gasteiger partial charge in [-0.3, -0.25) is 14.2 Å². The number of fused-ring (bicyclic) bond motifs is 1. The Kier molecular flexibility index (Phi) is 4.93. The normalized spacial score (nSPS) is 12.3. The molecular formula is C20H18ClFN2O3. The molecule has 140 valence electrons. The zero-order chi connectivity index (χ0) is 19.9. The van der Waals surface area contributed by atoms with Gasteiger partial charge in [-0.05, 0) is 43.2 Å². The van der Waals surface area contributed by atoms with Crippen LogP contribution in [0.25, 0.3) is 10.9 Å². The summed E-state index contributed by atoms with van der Waals surface area (Å²) in [4.78, 5) is 25.1. The van der Waals surface area contributed by atoms with Gasteiger partial charge in [-0.25, -0.2) is 4.39 Å². The maximum absolute atomic E-state index is 14.1. The van der Waals surface area contributed by atoms with E-state index in [4.69, 9.17) is 17.3 Å². The molecule has 3 N–H and O–H groups in total. The van der Waals surface area contributed by atoms with Gasteiger partial charge in [0.1, 0.15) is 0 Å². The third-order valence-electron chi connectivity index (χ3n) is 4.70. The highest BCUT2D eigenvalue weighted by Crippen LogP contribution is 2.37. The van der Waals surface area contributed by atoms with E-state index in [1.54, 1.807) is 32.0 Å². The maximum Gasteiger partial charge on any atom is 0.262 e. The fourth-order valence-corrected chi connectivity index (χ4v) is 3.64. The smallest absolute Gasteiger partial charge is 0.262 e. The Morgan fingerprint density at radius 1 is 1.30 bits per heavy atom. The van der Waals surface area contributed by atoms with Crippen LogP contribution in [0.15, 0.2) is 36.4 Å². The molecule has 7 heteroatoms. The van der Waals surface area contributed by atoms with Crippen LogP contribution in [0, 0.1) is 12.7 Å². The monoisotopic (exact) mass is 388 g/mol. The Bertz CT molecular complexity index is 1070. The predicted molar refractivity (Wildman–Crippen MR) is 102 cm³/mol. The first-order valence-electron chi connectivity index (χ1n) is 8.39. The molecule has 0 spiro atoms. The Balaban J connectivity index is 2.36. The number of aromatic nitrogens is 1. The summed E-state index contributed by atoms with van der Waals surface area (Å²) >= 11 is 5.98. The lowest BCUT2D eigenvalue weighted by molar-refractivity contribution is -0.119. The van der Waals surface area contributed by atoms with Crippen molar-refractivity contribution < 1.29 is 19.1 Å². The third-order valence-corrected chi connectivity index (χ3v) is 4.93. The minimum absolute atomic E-state index is 0.252. The average molecular weight is 389 g/mol. The molecule has 5 nitrogen and oxygen atoms in total. The number of halogens is 2. The van der Waals surface area contributed by atoms with E-state index in [1.807, 2.05) is 0 Å². The second-order valence-corrected chi connectivity index (χ2v) is 6.77. The molecule has 0 fully saturated rings. The van der Waals surface area contributed by atoms with Gasteiger partial charge in [0.15, 0.2) is 11.6 Å². The summed E-state index contributed by atoms with van der Waals surface area (Å²) in [6.07, 6.45) is 0.402. The van der Waals surface area contributed by atoms with Crippen LogP contribution >= 0.6 is 11.6 Å². The molecule has 0 aliphatic carbocycles. The number of aromatic hydroxyl groups is 1. The predicted octanol–water partition coefficient (Wildman–Crippen LogP) is 4.12. The summed E-state index contributed by atoms with van der Waals surface area (Å²) in [5, 5.41) is 10.6. The Labute approximate surface area is 160 Å². The number of nitrogens with zero attached hydrogens (tertiary/aromatic N) is 1. The van der Waals surface area contributed by atoms with Crippen LogP contribution in [0.3, 0.4) is 0 Å². The molecule has 3 aromatic rings. The van der Waals surface area contributed by atoms with Gasteiger partial charge in [0.2, 0.25) is 5.91 Å². The molecule has 1 atom stereocenters. The van der Waals surface area contributed by atoms with Crippen molar-refractivity contribution in [2.24, 2.45) is 5.73 Å². The van der Waals surface area contributed by atoms with E-state index in [0.29, 0.717) is 33.7 Å². The van der Waals surface area contributed by atoms with Gasteiger partial charge in [-0.15, -0.1) is 0 Å². The molecular weight excluding hydrogens is 371 g/mol. The molecule has 1 unspecified atom stereocenters. The van der Waals surface area contributed by atoms with Crippen molar-refractivity contribution in [1.82, 2.24) is 4.57 Å². The van der Waals surface area contributed by atoms with Crippen molar-refractivity contribution in [2.75, 3.05) is 0 Å². The number of benzene rings is 2. The zero-order valence-electron chi connectivity index (χ0n) is 14.8. The summed E-state index contributed by atoms with van der Waals surface area (Å²) in [6, 6.07) is 8.69. The number of nitrogens with two attached hydrogens (primary N) is 1. The summed E-state index contributed by atoms with van der Waals surface area (Å²) in [5.41, 5.74) is 7.07. The van der Waals surface area contributed by atoms with Crippen LogP contribution in [0.2, 0.25) is 5.02 Å². The molecule has 1 amide bonds. The van der Waals surface area contributed by atoms with Gasteiger partial charge in [-0.2, -0.15) is 0 Å². The molecule has 1 heterocycles. The van der Waals surface area contributed by atoms with Gasteiger partial charge in [0.05, 0.1) is 11.4 Å². The minimum Gasteiger partial charge on any atom is -0.505 e. The number of rotatable bonds is 4. The summed E-state index contributed by atoms with van der Waals surface area (Å²) in [7, 11) is 0. The van der Waals surface area contributed by atoms with Crippen LogP contribution in [-0.2, 0) is 4.79 Å². The molecule has 27 heavy (non-hydrogen) atoms. The molecule has 3 rings (SSSR count). The van der Waals surface area contributed by atoms with E-state index in [0.717, 1.165) is 6.07 Å². The fraction of sp³-hybridized carbons (Fsp3) is 0.200. The van der Waals surface area contributed by atoms with Crippen molar-refractivity contribution in [1.29, 1.82) is 0 Å². The molecule has 2 aromatic carbocycles. The van der Waals surface area contributed by atoms with Crippen molar-refractivity contribution >= 4 is 34.3 Å². The van der Waals surface area contributed by atoms with Crippen molar-refractivity contribution in [2.45, 2.75) is 26.2 Å². The number of phenolic OH excluding ortho intramolecular Hbond substituents is 1. The first-order chi connectivity index (χ1) is 12.8. The van der Waals surface area contributed by atoms with E-state index >= 15 is 0 Å². The molecule has 0 saturated heterocycles. The molecule has 0 radical (unpaired) electrons. The van der Waals surface area contributed by atoms with Crippen LogP contribution in [-0.4, -0.2) is 21.5 Å². The minimum atomic E-state index is -0.862. The van der Waals surface area contributed by atoms with E-state index in [2.05, 4.69) is 0 Å². The number of carbonyl (C=O) groups excluding carboxylic acids is 2. The number of phenols is 1. The van der Waals surface area contributed by atoms with E-state index in [1.165, 1.54) is 16.7 Å². The summed E-state index contributed by atoms with van der Waals surface area (Å²) in [5.74, 6) is -3.07. The van der Waals surface area contributed by atoms with E-state index in [-0.39, 0.29) is 5.52 Å². The van der Waals surface area contributed by atoms with Gasteiger partial charge in [-0.1, -0.05) is 24.6 Å². The highest BCUT2D eigenvalue weighted by molar-refractivity contribution is 6.31. The van der Waals surface area contributed by atoms with Gasteiger partial charge in [0.25, 0.3) is 5.91 Å². The zero-order valence-corrected chi connectivity index (χ0v) is 15.5. The molecule has 0 bridgehead atoms. The first kappa shape index (κ1) is 18.9. The number of primary amides is 1. The van der Waals surface area contributed by atoms with Gasteiger partial charge >= 0.3 is 0 Å². The standard InChI is InChI=1S/C20H18ClFN2O3/c1-3-13(19(23)26)18-10(2)24(16-9-15(22)17(25)8-14(16)18)20(27)11-5-4-6-12(21)7-11/h4-9,13,25H,3H2,1-2H3,(H2,23,26). The average Bonchev–Trinajstić information content (AvgIpc) is 2.87. The molecule has 1 aromatic heterocycles. The summed E-state index contributed by atoms with van der Waals surface area (Å²) < 4.78 is 15.4. The van der Waals surface area contributed by atoms with Crippen LogP contribution < -0.4 is 5.73 Å². The van der Waals surface area contributed by atoms with Crippen molar-refractivity contribution in [3.05, 3.63) is 64.1 Å². The van der Waals surface area contributed by atoms with Crippen LogP contribution in [0.5, 0.6) is 5.75 Å². The quantitative estimate of drug-likeness (QED) is 0.705. The Morgan fingerprint density at radius 3 is 2.59 bits per heavy atom. The van der Waals surface area contributed by atoms with E-state index < -0.39 is 29.3 Å². The number of hydrogen-bond donors (Lipinski definition) is 2. The lowest BCUT2D eigenvalue weighted by Gasteiger charge is -2.12. The van der Waals surface area contributed by atoms with Gasteiger partial charge < -0.3 is 10.8 Å². The number of hydrogen-bond acceptors (Lipinski definition) is 3. The van der Waals surface area contributed by atoms with Crippen LogP contribution in [0.4, 0.5) is 4.39 Å². The molecule has 0 saturated carbocycles. The first-order valence-corrected chi connectivity index (χ1v) is 8.77. The number of amides is 1.